The largest absolute Gasteiger partial charge is 0.330 e. The standard InChI is InChI=1S/C17H25N3/c1-12-8-15-17(9-13(12)2)20(11-19-15)16-7-5-3-4-6-14(16)10-18/h8-9,11,14,16H,3-7,10,18H2,1-2H3. The Bertz CT molecular complexity index is 600. The lowest BCUT2D eigenvalue weighted by Gasteiger charge is -2.26. The van der Waals surface area contributed by atoms with Gasteiger partial charge in [0.2, 0.25) is 0 Å². The molecule has 3 heteroatoms. The van der Waals surface area contributed by atoms with Crippen LogP contribution in [-0.4, -0.2) is 16.1 Å². The van der Waals surface area contributed by atoms with Crippen molar-refractivity contribution < 1.29 is 0 Å². The van der Waals surface area contributed by atoms with Crippen LogP contribution < -0.4 is 5.73 Å². The van der Waals surface area contributed by atoms with Crippen LogP contribution in [0.25, 0.3) is 11.0 Å². The van der Waals surface area contributed by atoms with Gasteiger partial charge in [-0.05, 0) is 62.4 Å². The summed E-state index contributed by atoms with van der Waals surface area (Å²) in [4.78, 5) is 4.62. The molecule has 108 valence electrons. The van der Waals surface area contributed by atoms with E-state index in [1.807, 2.05) is 6.33 Å². The predicted octanol–water partition coefficient (Wildman–Crippen LogP) is 3.73. The number of hydrogen-bond donors (Lipinski definition) is 1. The lowest BCUT2D eigenvalue weighted by Crippen LogP contribution is -2.25. The Kier molecular flexibility index (Phi) is 3.79. The molecule has 0 bridgehead atoms. The Balaban J connectivity index is 2.05. The number of aryl methyl sites for hydroxylation is 2. The smallest absolute Gasteiger partial charge is 0.0961 e. The zero-order valence-corrected chi connectivity index (χ0v) is 12.6. The van der Waals surface area contributed by atoms with E-state index in [-0.39, 0.29) is 0 Å². The molecule has 3 nitrogen and oxygen atoms in total. The Morgan fingerprint density at radius 3 is 2.70 bits per heavy atom. The van der Waals surface area contributed by atoms with E-state index >= 15 is 0 Å². The number of hydrogen-bond acceptors (Lipinski definition) is 2. The monoisotopic (exact) mass is 271 g/mol. The van der Waals surface area contributed by atoms with Gasteiger partial charge in [-0.25, -0.2) is 4.98 Å². The second kappa shape index (κ2) is 5.57. The van der Waals surface area contributed by atoms with E-state index in [0.717, 1.165) is 12.1 Å². The van der Waals surface area contributed by atoms with Crippen molar-refractivity contribution in [2.75, 3.05) is 6.54 Å². The van der Waals surface area contributed by atoms with Crippen molar-refractivity contribution in [1.82, 2.24) is 9.55 Å². The van der Waals surface area contributed by atoms with Gasteiger partial charge in [-0.15, -0.1) is 0 Å². The van der Waals surface area contributed by atoms with Crippen LogP contribution in [0.2, 0.25) is 0 Å². The predicted molar refractivity (Wildman–Crippen MR) is 83.9 cm³/mol. The van der Waals surface area contributed by atoms with Gasteiger partial charge < -0.3 is 10.3 Å². The third-order valence-electron chi connectivity index (χ3n) is 4.97. The van der Waals surface area contributed by atoms with Crippen molar-refractivity contribution in [2.45, 2.75) is 52.0 Å². The van der Waals surface area contributed by atoms with Gasteiger partial charge in [0, 0.05) is 6.04 Å². The number of imidazole rings is 1. The lowest BCUT2D eigenvalue weighted by molar-refractivity contribution is 0.323. The highest BCUT2D eigenvalue weighted by Gasteiger charge is 2.25. The molecule has 2 aromatic rings. The first kappa shape index (κ1) is 13.6. The fourth-order valence-corrected chi connectivity index (χ4v) is 3.55. The summed E-state index contributed by atoms with van der Waals surface area (Å²) in [7, 11) is 0. The second-order valence-corrected chi connectivity index (χ2v) is 6.28. The molecule has 3 rings (SSSR count). The molecule has 0 aliphatic heterocycles. The molecule has 1 aromatic heterocycles. The minimum atomic E-state index is 0.523. The van der Waals surface area contributed by atoms with Crippen molar-refractivity contribution in [3.05, 3.63) is 29.6 Å². The number of nitrogens with two attached hydrogens (primary N) is 1. The minimum absolute atomic E-state index is 0.523. The van der Waals surface area contributed by atoms with Crippen molar-refractivity contribution in [1.29, 1.82) is 0 Å². The van der Waals surface area contributed by atoms with Crippen LogP contribution in [0.15, 0.2) is 18.5 Å². The second-order valence-electron chi connectivity index (χ2n) is 6.28. The highest BCUT2D eigenvalue weighted by molar-refractivity contribution is 5.77. The van der Waals surface area contributed by atoms with Gasteiger partial charge in [-0.3, -0.25) is 0 Å². The van der Waals surface area contributed by atoms with Crippen LogP contribution in [0, 0.1) is 19.8 Å². The molecule has 2 unspecified atom stereocenters. The zero-order valence-electron chi connectivity index (χ0n) is 12.6. The third kappa shape index (κ3) is 2.35. The number of nitrogens with zero attached hydrogens (tertiary/aromatic N) is 2. The third-order valence-corrected chi connectivity index (χ3v) is 4.97. The summed E-state index contributed by atoms with van der Waals surface area (Å²) in [6, 6.07) is 5.01. The molecule has 1 fully saturated rings. The Labute approximate surface area is 121 Å². The molecule has 0 spiro atoms. The van der Waals surface area contributed by atoms with Crippen molar-refractivity contribution in [2.24, 2.45) is 11.7 Å². The first-order valence-electron chi connectivity index (χ1n) is 7.84. The molecular formula is C17H25N3. The average molecular weight is 271 g/mol. The summed E-state index contributed by atoms with van der Waals surface area (Å²) in [5.41, 5.74) is 11.1. The molecular weight excluding hydrogens is 246 g/mol. The SMILES string of the molecule is Cc1cc2ncn(C3CCCCCC3CN)c2cc1C. The van der Waals surface area contributed by atoms with Gasteiger partial charge in [0.05, 0.1) is 17.4 Å². The maximum Gasteiger partial charge on any atom is 0.0961 e. The quantitative estimate of drug-likeness (QED) is 0.846. The van der Waals surface area contributed by atoms with Gasteiger partial charge in [0.1, 0.15) is 0 Å². The molecule has 20 heavy (non-hydrogen) atoms. The van der Waals surface area contributed by atoms with Crippen LogP contribution in [0.3, 0.4) is 0 Å². The Morgan fingerprint density at radius 1 is 1.15 bits per heavy atom. The van der Waals surface area contributed by atoms with Gasteiger partial charge in [-0.2, -0.15) is 0 Å². The van der Waals surface area contributed by atoms with Crippen molar-refractivity contribution >= 4 is 11.0 Å². The van der Waals surface area contributed by atoms with Crippen LogP contribution in [-0.2, 0) is 0 Å². The molecule has 2 N–H and O–H groups in total. The summed E-state index contributed by atoms with van der Waals surface area (Å²) < 4.78 is 2.39. The molecule has 1 aromatic carbocycles. The highest BCUT2D eigenvalue weighted by Crippen LogP contribution is 2.34. The summed E-state index contributed by atoms with van der Waals surface area (Å²) >= 11 is 0. The van der Waals surface area contributed by atoms with Crippen LogP contribution in [0.4, 0.5) is 0 Å². The first-order chi connectivity index (χ1) is 9.70. The maximum absolute atomic E-state index is 6.03. The van der Waals surface area contributed by atoms with Gasteiger partial charge in [-0.1, -0.05) is 19.3 Å². The molecule has 1 aliphatic carbocycles. The summed E-state index contributed by atoms with van der Waals surface area (Å²) in [5.74, 6) is 0.594. The summed E-state index contributed by atoms with van der Waals surface area (Å²) in [6.45, 7) is 5.12. The highest BCUT2D eigenvalue weighted by atomic mass is 15.1. The number of rotatable bonds is 2. The molecule has 1 aliphatic rings. The van der Waals surface area contributed by atoms with Crippen molar-refractivity contribution in [3.8, 4) is 0 Å². The maximum atomic E-state index is 6.03. The van der Waals surface area contributed by atoms with E-state index in [9.17, 15) is 0 Å². The van der Waals surface area contributed by atoms with E-state index in [1.54, 1.807) is 0 Å². The van der Waals surface area contributed by atoms with E-state index in [4.69, 9.17) is 5.73 Å². The number of benzene rings is 1. The topological polar surface area (TPSA) is 43.8 Å². The lowest BCUT2D eigenvalue weighted by atomic mass is 9.94. The molecule has 0 amide bonds. The number of fused-ring (bicyclic) bond motifs is 1. The summed E-state index contributed by atoms with van der Waals surface area (Å²) in [6.07, 6.45) is 8.50. The van der Waals surface area contributed by atoms with E-state index < -0.39 is 0 Å². The minimum Gasteiger partial charge on any atom is -0.330 e. The average Bonchev–Trinajstić information content (AvgIpc) is 2.70. The van der Waals surface area contributed by atoms with Crippen LogP contribution in [0.1, 0.15) is 49.3 Å². The molecule has 1 heterocycles. The van der Waals surface area contributed by atoms with Crippen LogP contribution in [0.5, 0.6) is 0 Å². The van der Waals surface area contributed by atoms with E-state index in [2.05, 4.69) is 35.5 Å². The first-order valence-corrected chi connectivity index (χ1v) is 7.84. The van der Waals surface area contributed by atoms with Gasteiger partial charge in [0.15, 0.2) is 0 Å². The fourth-order valence-electron chi connectivity index (χ4n) is 3.55. The Morgan fingerprint density at radius 2 is 1.90 bits per heavy atom. The molecule has 0 radical (unpaired) electrons. The Hall–Kier alpha value is -1.35. The van der Waals surface area contributed by atoms with Gasteiger partial charge in [0.25, 0.3) is 0 Å². The molecule has 1 saturated carbocycles. The fraction of sp³-hybridized carbons (Fsp3) is 0.588. The van der Waals surface area contributed by atoms with Crippen molar-refractivity contribution in [3.63, 3.8) is 0 Å². The van der Waals surface area contributed by atoms with E-state index in [0.29, 0.717) is 12.0 Å². The normalized spacial score (nSPS) is 23.9. The summed E-state index contributed by atoms with van der Waals surface area (Å²) in [5, 5.41) is 0. The van der Waals surface area contributed by atoms with Gasteiger partial charge >= 0.3 is 0 Å². The van der Waals surface area contributed by atoms with E-state index in [1.165, 1.54) is 48.7 Å². The zero-order chi connectivity index (χ0) is 14.1. The molecule has 2 atom stereocenters. The molecule has 0 saturated heterocycles. The van der Waals surface area contributed by atoms with Crippen LogP contribution >= 0.6 is 0 Å². The number of aromatic nitrogens is 2.